The molecule has 1 aromatic carbocycles. The van der Waals surface area contributed by atoms with E-state index in [1.54, 1.807) is 6.20 Å². The van der Waals surface area contributed by atoms with E-state index in [-0.39, 0.29) is 0 Å². The highest BCUT2D eigenvalue weighted by Gasteiger charge is 1.98. The quantitative estimate of drug-likeness (QED) is 0.866. The Morgan fingerprint density at radius 2 is 2.06 bits per heavy atom. The van der Waals surface area contributed by atoms with E-state index in [1.165, 1.54) is 5.69 Å². The maximum atomic E-state index is 8.68. The Balaban J connectivity index is 1.86. The van der Waals surface area contributed by atoms with Crippen LogP contribution in [-0.2, 0) is 13.5 Å². The van der Waals surface area contributed by atoms with Gasteiger partial charge in [-0.25, -0.2) is 0 Å². The highest BCUT2D eigenvalue weighted by atomic mass is 15.3. The lowest BCUT2D eigenvalue weighted by Crippen LogP contribution is -2.08. The fourth-order valence-electron chi connectivity index (χ4n) is 1.64. The molecule has 0 saturated carbocycles. The van der Waals surface area contributed by atoms with Crippen molar-refractivity contribution in [2.75, 3.05) is 11.9 Å². The van der Waals surface area contributed by atoms with Crippen LogP contribution in [-0.4, -0.2) is 16.3 Å². The van der Waals surface area contributed by atoms with Crippen molar-refractivity contribution in [1.82, 2.24) is 9.78 Å². The number of hydrogen-bond acceptors (Lipinski definition) is 3. The minimum absolute atomic E-state index is 0.683. The highest BCUT2D eigenvalue weighted by molar-refractivity contribution is 5.47. The van der Waals surface area contributed by atoms with Gasteiger partial charge in [0.2, 0.25) is 0 Å². The van der Waals surface area contributed by atoms with Crippen LogP contribution >= 0.6 is 0 Å². The number of nitrogens with one attached hydrogen (secondary N) is 1. The van der Waals surface area contributed by atoms with E-state index in [9.17, 15) is 0 Å². The summed E-state index contributed by atoms with van der Waals surface area (Å²) >= 11 is 0. The Kier molecular flexibility index (Phi) is 3.41. The SMILES string of the molecule is Cn1nccc1CCNc1ccc(C#N)cc1. The van der Waals surface area contributed by atoms with Gasteiger partial charge in [0.05, 0.1) is 11.6 Å². The van der Waals surface area contributed by atoms with E-state index in [4.69, 9.17) is 5.26 Å². The van der Waals surface area contributed by atoms with Crippen molar-refractivity contribution in [3.8, 4) is 6.07 Å². The average Bonchev–Trinajstić information content (AvgIpc) is 2.76. The van der Waals surface area contributed by atoms with Gasteiger partial charge in [0.15, 0.2) is 0 Å². The number of nitriles is 1. The van der Waals surface area contributed by atoms with Gasteiger partial charge in [0.1, 0.15) is 0 Å². The third kappa shape index (κ3) is 2.85. The summed E-state index contributed by atoms with van der Waals surface area (Å²) in [6.07, 6.45) is 2.73. The van der Waals surface area contributed by atoms with E-state index in [0.29, 0.717) is 5.56 Å². The van der Waals surface area contributed by atoms with Crippen LogP contribution in [0.15, 0.2) is 36.5 Å². The maximum absolute atomic E-state index is 8.68. The summed E-state index contributed by atoms with van der Waals surface area (Å²) in [5.74, 6) is 0. The number of hydrogen-bond donors (Lipinski definition) is 1. The molecule has 17 heavy (non-hydrogen) atoms. The topological polar surface area (TPSA) is 53.6 Å². The minimum Gasteiger partial charge on any atom is -0.385 e. The summed E-state index contributed by atoms with van der Waals surface area (Å²) in [7, 11) is 1.94. The molecule has 0 unspecified atom stereocenters. The number of nitrogens with zero attached hydrogens (tertiary/aromatic N) is 3. The molecular weight excluding hydrogens is 212 g/mol. The standard InChI is InChI=1S/C13H14N4/c1-17-13(7-9-16-17)6-8-15-12-4-2-11(10-14)3-5-12/h2-5,7,9,15H,6,8H2,1H3. The van der Waals surface area contributed by atoms with Crippen molar-refractivity contribution in [3.63, 3.8) is 0 Å². The molecule has 86 valence electrons. The van der Waals surface area contributed by atoms with Gasteiger partial charge in [-0.2, -0.15) is 10.4 Å². The smallest absolute Gasteiger partial charge is 0.0991 e. The second-order valence-corrected chi connectivity index (χ2v) is 3.81. The number of rotatable bonds is 4. The molecule has 0 aliphatic carbocycles. The minimum atomic E-state index is 0.683. The van der Waals surface area contributed by atoms with Crippen molar-refractivity contribution in [3.05, 3.63) is 47.8 Å². The highest BCUT2D eigenvalue weighted by Crippen LogP contribution is 2.08. The first-order valence-corrected chi connectivity index (χ1v) is 5.50. The van der Waals surface area contributed by atoms with Crippen LogP contribution in [0.4, 0.5) is 5.69 Å². The van der Waals surface area contributed by atoms with Crippen molar-refractivity contribution >= 4 is 5.69 Å². The number of anilines is 1. The number of aryl methyl sites for hydroxylation is 1. The van der Waals surface area contributed by atoms with Gasteiger partial charge >= 0.3 is 0 Å². The van der Waals surface area contributed by atoms with Crippen LogP contribution in [0.25, 0.3) is 0 Å². The first kappa shape index (κ1) is 11.2. The molecule has 0 saturated heterocycles. The van der Waals surface area contributed by atoms with Crippen LogP contribution in [0, 0.1) is 11.3 Å². The molecule has 4 nitrogen and oxygen atoms in total. The molecule has 2 rings (SSSR count). The summed E-state index contributed by atoms with van der Waals surface area (Å²) in [5, 5.41) is 16.1. The van der Waals surface area contributed by atoms with E-state index < -0.39 is 0 Å². The van der Waals surface area contributed by atoms with Crippen molar-refractivity contribution < 1.29 is 0 Å². The second kappa shape index (κ2) is 5.17. The molecule has 0 atom stereocenters. The molecule has 0 bridgehead atoms. The molecule has 0 radical (unpaired) electrons. The molecule has 1 heterocycles. The summed E-state index contributed by atoms with van der Waals surface area (Å²) < 4.78 is 1.88. The lowest BCUT2D eigenvalue weighted by Gasteiger charge is -2.06. The Hall–Kier alpha value is -2.28. The van der Waals surface area contributed by atoms with Gasteiger partial charge in [-0.3, -0.25) is 4.68 Å². The third-order valence-corrected chi connectivity index (χ3v) is 2.65. The van der Waals surface area contributed by atoms with Crippen molar-refractivity contribution in [1.29, 1.82) is 5.26 Å². The van der Waals surface area contributed by atoms with E-state index in [2.05, 4.69) is 16.5 Å². The van der Waals surface area contributed by atoms with E-state index in [1.807, 2.05) is 42.1 Å². The molecular formula is C13H14N4. The van der Waals surface area contributed by atoms with Crippen molar-refractivity contribution in [2.24, 2.45) is 7.05 Å². The average molecular weight is 226 g/mol. The molecule has 0 spiro atoms. The first-order chi connectivity index (χ1) is 8.29. The second-order valence-electron chi connectivity index (χ2n) is 3.81. The molecule has 1 aromatic heterocycles. The first-order valence-electron chi connectivity index (χ1n) is 5.50. The van der Waals surface area contributed by atoms with E-state index >= 15 is 0 Å². The predicted octanol–water partition coefficient (Wildman–Crippen LogP) is 1.95. The predicted molar refractivity (Wildman–Crippen MR) is 66.6 cm³/mol. The summed E-state index contributed by atoms with van der Waals surface area (Å²) in [5.41, 5.74) is 2.92. The number of benzene rings is 1. The van der Waals surface area contributed by atoms with Gasteiger partial charge in [0, 0.05) is 37.6 Å². The zero-order chi connectivity index (χ0) is 12.1. The third-order valence-electron chi connectivity index (χ3n) is 2.65. The monoisotopic (exact) mass is 226 g/mol. The van der Waals surface area contributed by atoms with Crippen molar-refractivity contribution in [2.45, 2.75) is 6.42 Å². The Bertz CT molecular complexity index is 519. The normalized spacial score (nSPS) is 9.88. The Labute approximate surface area is 100 Å². The van der Waals surface area contributed by atoms with Gasteiger partial charge in [-0.1, -0.05) is 0 Å². The van der Waals surface area contributed by atoms with Gasteiger partial charge in [-0.05, 0) is 30.3 Å². The Morgan fingerprint density at radius 3 is 2.65 bits per heavy atom. The van der Waals surface area contributed by atoms with Crippen LogP contribution in [0.5, 0.6) is 0 Å². The molecule has 0 amide bonds. The fourth-order valence-corrected chi connectivity index (χ4v) is 1.64. The van der Waals surface area contributed by atoms with Crippen LogP contribution in [0.3, 0.4) is 0 Å². The fraction of sp³-hybridized carbons (Fsp3) is 0.231. The van der Waals surface area contributed by atoms with Gasteiger partial charge < -0.3 is 5.32 Å². The molecule has 4 heteroatoms. The van der Waals surface area contributed by atoms with Gasteiger partial charge in [-0.15, -0.1) is 0 Å². The zero-order valence-corrected chi connectivity index (χ0v) is 9.72. The lowest BCUT2D eigenvalue weighted by molar-refractivity contribution is 0.711. The molecule has 0 aliphatic rings. The van der Waals surface area contributed by atoms with Crippen LogP contribution in [0.2, 0.25) is 0 Å². The van der Waals surface area contributed by atoms with E-state index in [0.717, 1.165) is 18.7 Å². The van der Waals surface area contributed by atoms with Gasteiger partial charge in [0.25, 0.3) is 0 Å². The summed E-state index contributed by atoms with van der Waals surface area (Å²) in [6, 6.07) is 11.6. The largest absolute Gasteiger partial charge is 0.385 e. The lowest BCUT2D eigenvalue weighted by atomic mass is 10.2. The van der Waals surface area contributed by atoms with Crippen LogP contribution in [0.1, 0.15) is 11.3 Å². The van der Waals surface area contributed by atoms with Crippen LogP contribution < -0.4 is 5.32 Å². The Morgan fingerprint density at radius 1 is 1.29 bits per heavy atom. The molecule has 0 fully saturated rings. The maximum Gasteiger partial charge on any atom is 0.0991 e. The summed E-state index contributed by atoms with van der Waals surface area (Å²) in [4.78, 5) is 0. The molecule has 0 aliphatic heterocycles. The number of aromatic nitrogens is 2. The summed E-state index contributed by atoms with van der Waals surface area (Å²) in [6.45, 7) is 0.853. The zero-order valence-electron chi connectivity index (χ0n) is 9.72. The molecule has 2 aromatic rings. The molecule has 1 N–H and O–H groups in total.